The molecule has 0 saturated heterocycles. The zero-order chi connectivity index (χ0) is 14.1. The molecule has 20 heavy (non-hydrogen) atoms. The molecule has 1 aromatic carbocycles. The second-order valence-electron chi connectivity index (χ2n) is 4.39. The Balaban J connectivity index is 2.36. The van der Waals surface area contributed by atoms with Crippen molar-refractivity contribution in [3.05, 3.63) is 60.8 Å². The number of esters is 1. The fourth-order valence-electron chi connectivity index (χ4n) is 2.38. The largest absolute Gasteiger partial charge is 0.507 e. The second kappa shape index (κ2) is 4.74. The zero-order valence-electron chi connectivity index (χ0n) is 10.7. The highest BCUT2D eigenvalue weighted by Crippen LogP contribution is 2.33. The molecule has 100 valence electrons. The summed E-state index contributed by atoms with van der Waals surface area (Å²) >= 11 is 0. The van der Waals surface area contributed by atoms with E-state index in [1.54, 1.807) is 12.1 Å². The number of pyridine rings is 1. The summed E-state index contributed by atoms with van der Waals surface area (Å²) in [5, 5.41) is 10.6. The number of ether oxygens (including phenoxy) is 1. The van der Waals surface area contributed by atoms with Gasteiger partial charge in [-0.1, -0.05) is 24.8 Å². The third-order valence-electron chi connectivity index (χ3n) is 3.18. The van der Waals surface area contributed by atoms with Crippen molar-refractivity contribution in [1.82, 2.24) is 4.40 Å². The van der Waals surface area contributed by atoms with Crippen LogP contribution in [0.2, 0.25) is 0 Å². The first kappa shape index (κ1) is 12.3. The topological polar surface area (TPSA) is 50.9 Å². The number of carbonyl (C=O) groups is 1. The molecule has 1 N–H and O–H groups in total. The zero-order valence-corrected chi connectivity index (χ0v) is 10.7. The summed E-state index contributed by atoms with van der Waals surface area (Å²) in [7, 11) is 0. The molecule has 0 unspecified atom stereocenters. The van der Waals surface area contributed by atoms with Crippen LogP contribution in [-0.2, 0) is 4.74 Å². The summed E-state index contributed by atoms with van der Waals surface area (Å²) in [5.74, 6) is -0.401. The lowest BCUT2D eigenvalue weighted by Crippen LogP contribution is -2.05. The molecule has 0 spiro atoms. The molecular weight excluding hydrogens is 254 g/mol. The Morgan fingerprint density at radius 1 is 1.25 bits per heavy atom. The molecule has 0 amide bonds. The molecule has 4 heteroatoms. The van der Waals surface area contributed by atoms with Crippen LogP contribution in [0.3, 0.4) is 0 Å². The highest BCUT2D eigenvalue weighted by atomic mass is 16.5. The molecule has 0 aliphatic rings. The molecule has 0 fully saturated rings. The normalized spacial score (nSPS) is 10.8. The molecule has 0 aliphatic carbocycles. The van der Waals surface area contributed by atoms with E-state index >= 15 is 0 Å². The average Bonchev–Trinajstić information content (AvgIpc) is 2.81. The van der Waals surface area contributed by atoms with Crippen LogP contribution in [-0.4, -0.2) is 22.1 Å². The molecule has 4 nitrogen and oxygen atoms in total. The SMILES string of the molecule is C=CCOC(=O)c1c2c(O)cccc2n2ccccc12. The van der Waals surface area contributed by atoms with Crippen LogP contribution >= 0.6 is 0 Å². The predicted octanol–water partition coefficient (Wildman–Crippen LogP) is 3.14. The molecule has 0 saturated carbocycles. The standard InChI is InChI=1S/C16H13NO3/c1-2-10-20-16(19)15-12-6-3-4-9-17(12)11-7-5-8-13(18)14(11)15/h2-9,18H,1,10H2. The fraction of sp³-hybridized carbons (Fsp3) is 0.0625. The van der Waals surface area contributed by atoms with E-state index < -0.39 is 5.97 Å². The van der Waals surface area contributed by atoms with Crippen LogP contribution < -0.4 is 0 Å². The number of hydrogen-bond donors (Lipinski definition) is 1. The van der Waals surface area contributed by atoms with Gasteiger partial charge in [0.2, 0.25) is 0 Å². The van der Waals surface area contributed by atoms with Gasteiger partial charge in [0, 0.05) is 6.20 Å². The average molecular weight is 267 g/mol. The van der Waals surface area contributed by atoms with Crippen LogP contribution in [0.4, 0.5) is 0 Å². The Hall–Kier alpha value is -2.75. The van der Waals surface area contributed by atoms with Gasteiger partial charge in [-0.05, 0) is 24.3 Å². The van der Waals surface area contributed by atoms with Crippen molar-refractivity contribution in [2.24, 2.45) is 0 Å². The number of carbonyl (C=O) groups excluding carboxylic acids is 1. The predicted molar refractivity (Wildman–Crippen MR) is 77.0 cm³/mol. The number of hydrogen-bond acceptors (Lipinski definition) is 3. The summed E-state index contributed by atoms with van der Waals surface area (Å²) in [6.07, 6.45) is 3.36. The lowest BCUT2D eigenvalue weighted by Gasteiger charge is -2.02. The smallest absolute Gasteiger partial charge is 0.341 e. The van der Waals surface area contributed by atoms with E-state index in [9.17, 15) is 9.90 Å². The number of nitrogens with zero attached hydrogens (tertiary/aromatic N) is 1. The molecule has 3 aromatic rings. The Morgan fingerprint density at radius 3 is 2.85 bits per heavy atom. The minimum absolute atomic E-state index is 0.0664. The number of benzene rings is 1. The number of fused-ring (bicyclic) bond motifs is 3. The molecule has 0 aliphatic heterocycles. The van der Waals surface area contributed by atoms with E-state index in [0.29, 0.717) is 16.5 Å². The highest BCUT2D eigenvalue weighted by Gasteiger charge is 2.21. The number of phenols is 1. The first-order valence-corrected chi connectivity index (χ1v) is 6.23. The fourth-order valence-corrected chi connectivity index (χ4v) is 2.38. The van der Waals surface area contributed by atoms with Crippen molar-refractivity contribution in [1.29, 1.82) is 0 Å². The van der Waals surface area contributed by atoms with Gasteiger partial charge in [0.05, 0.1) is 22.0 Å². The van der Waals surface area contributed by atoms with Crippen molar-refractivity contribution >= 4 is 22.4 Å². The van der Waals surface area contributed by atoms with Crippen LogP contribution in [0, 0.1) is 0 Å². The lowest BCUT2D eigenvalue weighted by molar-refractivity contribution is 0.0554. The van der Waals surface area contributed by atoms with Gasteiger partial charge < -0.3 is 14.2 Å². The van der Waals surface area contributed by atoms with Crippen LogP contribution in [0.25, 0.3) is 16.4 Å². The summed E-state index contributed by atoms with van der Waals surface area (Å²) in [6.45, 7) is 3.66. The maximum absolute atomic E-state index is 12.3. The van der Waals surface area contributed by atoms with Gasteiger partial charge in [-0.2, -0.15) is 0 Å². The summed E-state index contributed by atoms with van der Waals surface area (Å²) in [6, 6.07) is 10.7. The minimum Gasteiger partial charge on any atom is -0.507 e. The molecule has 0 atom stereocenters. The van der Waals surface area contributed by atoms with Crippen molar-refractivity contribution in [2.75, 3.05) is 6.61 Å². The van der Waals surface area contributed by atoms with Gasteiger partial charge in [0.1, 0.15) is 12.4 Å². The Kier molecular flexibility index (Phi) is 2.91. The van der Waals surface area contributed by atoms with E-state index in [4.69, 9.17) is 4.74 Å². The first-order chi connectivity index (χ1) is 9.74. The monoisotopic (exact) mass is 267 g/mol. The van der Waals surface area contributed by atoms with Crippen molar-refractivity contribution < 1.29 is 14.6 Å². The van der Waals surface area contributed by atoms with Gasteiger partial charge in [-0.3, -0.25) is 0 Å². The summed E-state index contributed by atoms with van der Waals surface area (Å²) in [4.78, 5) is 12.3. The van der Waals surface area contributed by atoms with Crippen molar-refractivity contribution in [2.45, 2.75) is 0 Å². The third-order valence-corrected chi connectivity index (χ3v) is 3.18. The molecule has 0 radical (unpaired) electrons. The third kappa shape index (κ3) is 1.73. The number of aromatic hydroxyl groups is 1. The van der Waals surface area contributed by atoms with Crippen molar-refractivity contribution in [3.63, 3.8) is 0 Å². The van der Waals surface area contributed by atoms with E-state index in [-0.39, 0.29) is 12.4 Å². The Labute approximate surface area is 115 Å². The second-order valence-corrected chi connectivity index (χ2v) is 4.39. The molecular formula is C16H13NO3. The Morgan fingerprint density at radius 2 is 2.05 bits per heavy atom. The Bertz CT molecular complexity index is 817. The molecule has 0 bridgehead atoms. The lowest BCUT2D eigenvalue weighted by atomic mass is 10.1. The maximum atomic E-state index is 12.3. The number of phenolic OH excluding ortho intramolecular Hbond substituents is 1. The molecule has 2 heterocycles. The van der Waals surface area contributed by atoms with Crippen LogP contribution in [0.15, 0.2) is 55.3 Å². The van der Waals surface area contributed by atoms with E-state index in [2.05, 4.69) is 6.58 Å². The van der Waals surface area contributed by atoms with Crippen LogP contribution in [0.5, 0.6) is 5.75 Å². The molecule has 2 aromatic heterocycles. The maximum Gasteiger partial charge on any atom is 0.341 e. The van der Waals surface area contributed by atoms with Gasteiger partial charge >= 0.3 is 5.97 Å². The van der Waals surface area contributed by atoms with Gasteiger partial charge in [0.15, 0.2) is 0 Å². The van der Waals surface area contributed by atoms with E-state index in [1.165, 1.54) is 6.08 Å². The first-order valence-electron chi connectivity index (χ1n) is 6.23. The van der Waals surface area contributed by atoms with Gasteiger partial charge in [-0.25, -0.2) is 4.79 Å². The minimum atomic E-state index is -0.467. The van der Waals surface area contributed by atoms with Gasteiger partial charge in [-0.15, -0.1) is 0 Å². The van der Waals surface area contributed by atoms with Gasteiger partial charge in [0.25, 0.3) is 0 Å². The van der Waals surface area contributed by atoms with Crippen LogP contribution in [0.1, 0.15) is 10.4 Å². The van der Waals surface area contributed by atoms with E-state index in [0.717, 1.165) is 5.52 Å². The van der Waals surface area contributed by atoms with E-state index in [1.807, 2.05) is 34.9 Å². The highest BCUT2D eigenvalue weighted by molar-refractivity contribution is 6.13. The summed E-state index contributed by atoms with van der Waals surface area (Å²) in [5.41, 5.74) is 1.85. The quantitative estimate of drug-likeness (QED) is 0.586. The number of rotatable bonds is 3. The summed E-state index contributed by atoms with van der Waals surface area (Å²) < 4.78 is 6.99. The number of aromatic nitrogens is 1. The van der Waals surface area contributed by atoms with Crippen molar-refractivity contribution in [3.8, 4) is 5.75 Å². The molecule has 3 rings (SSSR count).